The van der Waals surface area contributed by atoms with Crippen LogP contribution < -0.4 is 10.5 Å². The zero-order valence-corrected chi connectivity index (χ0v) is 13.1. The number of unbranched alkanes of at least 4 members (excludes halogenated alkanes) is 1. The van der Waals surface area contributed by atoms with Crippen LogP contribution in [0.15, 0.2) is 18.2 Å². The van der Waals surface area contributed by atoms with Crippen molar-refractivity contribution in [3.8, 4) is 0 Å². The smallest absolute Gasteiger partial charge is 0.303 e. The van der Waals surface area contributed by atoms with Gasteiger partial charge in [0.25, 0.3) is 0 Å². The molecule has 1 aromatic carbocycles. The van der Waals surface area contributed by atoms with Gasteiger partial charge in [0.2, 0.25) is 0 Å². The molecule has 0 bridgehead atoms. The van der Waals surface area contributed by atoms with E-state index in [1.54, 1.807) is 25.2 Å². The van der Waals surface area contributed by atoms with Crippen LogP contribution >= 0.6 is 11.3 Å². The molecule has 0 aliphatic heterocycles. The summed E-state index contributed by atoms with van der Waals surface area (Å²) < 4.78 is 28.9. The molecule has 0 saturated heterocycles. The predicted molar refractivity (Wildman–Crippen MR) is 84.1 cm³/mol. The first-order valence-corrected chi connectivity index (χ1v) is 8.58. The zero-order chi connectivity index (χ0) is 14.8. The van der Waals surface area contributed by atoms with Crippen molar-refractivity contribution in [1.82, 2.24) is 9.29 Å². The summed E-state index contributed by atoms with van der Waals surface area (Å²) in [6.45, 7) is 2.51. The molecule has 1 heterocycles. The highest BCUT2D eigenvalue weighted by atomic mass is 32.2. The summed E-state index contributed by atoms with van der Waals surface area (Å²) in [6.07, 6.45) is 1.77. The van der Waals surface area contributed by atoms with E-state index in [0.717, 1.165) is 23.1 Å². The minimum absolute atomic E-state index is 0.356. The fourth-order valence-corrected chi connectivity index (χ4v) is 3.71. The number of benzene rings is 1. The lowest BCUT2D eigenvalue weighted by molar-refractivity contribution is 0.463. The minimum Gasteiger partial charge on any atom is -0.399 e. The molecule has 2 aromatic rings. The Balaban J connectivity index is 2.18. The molecule has 110 valence electrons. The first-order chi connectivity index (χ1) is 9.42. The highest BCUT2D eigenvalue weighted by Crippen LogP contribution is 2.28. The molecular weight excluding hydrogens is 296 g/mol. The Bertz CT molecular complexity index is 697. The third-order valence-corrected chi connectivity index (χ3v) is 5.38. The molecule has 1 aromatic heterocycles. The van der Waals surface area contributed by atoms with Crippen LogP contribution in [0.2, 0.25) is 0 Å². The monoisotopic (exact) mass is 314 g/mol. The van der Waals surface area contributed by atoms with Gasteiger partial charge in [-0.15, -0.1) is 0 Å². The summed E-state index contributed by atoms with van der Waals surface area (Å²) in [5.74, 6) is 0. The van der Waals surface area contributed by atoms with Crippen molar-refractivity contribution >= 4 is 42.6 Å². The maximum absolute atomic E-state index is 12.1. The zero-order valence-electron chi connectivity index (χ0n) is 11.5. The van der Waals surface area contributed by atoms with Gasteiger partial charge in [-0.1, -0.05) is 24.7 Å². The Hall–Kier alpha value is -1.38. The maximum Gasteiger partial charge on any atom is 0.303 e. The Morgan fingerprint density at radius 2 is 2.20 bits per heavy atom. The third-order valence-electron chi connectivity index (χ3n) is 2.87. The van der Waals surface area contributed by atoms with Gasteiger partial charge in [-0.25, -0.2) is 9.71 Å². The minimum atomic E-state index is -3.54. The average molecular weight is 314 g/mol. The van der Waals surface area contributed by atoms with Gasteiger partial charge in [0.05, 0.1) is 10.2 Å². The van der Waals surface area contributed by atoms with Crippen molar-refractivity contribution in [2.45, 2.75) is 19.8 Å². The second-order valence-corrected chi connectivity index (χ2v) is 7.34. The Morgan fingerprint density at radius 1 is 1.45 bits per heavy atom. The summed E-state index contributed by atoms with van der Waals surface area (Å²) in [5.41, 5.74) is 7.06. The normalized spacial score (nSPS) is 12.2. The number of nitrogen functional groups attached to an aromatic ring is 1. The van der Waals surface area contributed by atoms with E-state index < -0.39 is 10.2 Å². The molecule has 20 heavy (non-hydrogen) atoms. The molecule has 0 radical (unpaired) electrons. The SMILES string of the molecule is CCCCN(C)S(=O)(=O)Nc1nc2ccc(N)cc2s1. The van der Waals surface area contributed by atoms with Gasteiger partial charge in [-0.2, -0.15) is 12.7 Å². The van der Waals surface area contributed by atoms with Crippen LogP contribution in [0.3, 0.4) is 0 Å². The number of hydrogen-bond acceptors (Lipinski definition) is 5. The molecule has 0 atom stereocenters. The number of nitrogens with zero attached hydrogens (tertiary/aromatic N) is 2. The summed E-state index contributed by atoms with van der Waals surface area (Å²) in [5, 5.41) is 0.356. The van der Waals surface area contributed by atoms with E-state index in [2.05, 4.69) is 9.71 Å². The fraction of sp³-hybridized carbons (Fsp3) is 0.417. The predicted octanol–water partition coefficient (Wildman–Crippen LogP) is 2.27. The van der Waals surface area contributed by atoms with Crippen molar-refractivity contribution in [3.05, 3.63) is 18.2 Å². The van der Waals surface area contributed by atoms with Gasteiger partial charge in [0, 0.05) is 19.3 Å². The number of nitrogens with two attached hydrogens (primary N) is 1. The summed E-state index contributed by atoms with van der Waals surface area (Å²) in [4.78, 5) is 4.25. The second-order valence-electron chi connectivity index (χ2n) is 4.53. The van der Waals surface area contributed by atoms with E-state index >= 15 is 0 Å². The molecule has 0 aliphatic rings. The standard InChI is InChI=1S/C12H18N4O2S2/c1-3-4-7-16(2)20(17,18)15-12-14-10-6-5-9(13)8-11(10)19-12/h5-6,8H,3-4,7,13H2,1-2H3,(H,14,15). The molecule has 0 amide bonds. The number of thiazole rings is 1. The van der Waals surface area contributed by atoms with E-state index in [9.17, 15) is 8.42 Å². The van der Waals surface area contributed by atoms with Gasteiger partial charge in [0.15, 0.2) is 5.13 Å². The molecule has 0 aliphatic carbocycles. The molecule has 3 N–H and O–H groups in total. The number of nitrogens with one attached hydrogen (secondary N) is 1. The van der Waals surface area contributed by atoms with Gasteiger partial charge in [0.1, 0.15) is 0 Å². The van der Waals surface area contributed by atoms with Crippen molar-refractivity contribution < 1.29 is 8.42 Å². The van der Waals surface area contributed by atoms with Crippen LogP contribution in [0.1, 0.15) is 19.8 Å². The number of fused-ring (bicyclic) bond motifs is 1. The van der Waals surface area contributed by atoms with Crippen molar-refractivity contribution in [2.24, 2.45) is 0 Å². The summed E-state index contributed by atoms with van der Waals surface area (Å²) in [7, 11) is -1.98. The molecule has 8 heteroatoms. The molecule has 0 fully saturated rings. The van der Waals surface area contributed by atoms with E-state index in [1.165, 1.54) is 15.6 Å². The van der Waals surface area contributed by atoms with E-state index in [0.29, 0.717) is 17.4 Å². The molecule has 0 unspecified atom stereocenters. The Morgan fingerprint density at radius 3 is 2.90 bits per heavy atom. The van der Waals surface area contributed by atoms with E-state index in [1.807, 2.05) is 6.92 Å². The topological polar surface area (TPSA) is 88.3 Å². The lowest BCUT2D eigenvalue weighted by Gasteiger charge is -2.16. The van der Waals surface area contributed by atoms with E-state index in [-0.39, 0.29) is 0 Å². The summed E-state index contributed by atoms with van der Waals surface area (Å²) >= 11 is 1.27. The fourth-order valence-electron chi connectivity index (χ4n) is 1.67. The highest BCUT2D eigenvalue weighted by Gasteiger charge is 2.18. The highest BCUT2D eigenvalue weighted by molar-refractivity contribution is 7.90. The van der Waals surface area contributed by atoms with Crippen LogP contribution in [0, 0.1) is 0 Å². The molecule has 6 nitrogen and oxygen atoms in total. The maximum atomic E-state index is 12.1. The van der Waals surface area contributed by atoms with Crippen LogP contribution in [0.4, 0.5) is 10.8 Å². The molecule has 0 spiro atoms. The first kappa shape index (κ1) is 15.0. The van der Waals surface area contributed by atoms with Crippen molar-refractivity contribution in [1.29, 1.82) is 0 Å². The Kier molecular flexibility index (Phi) is 4.46. The first-order valence-electron chi connectivity index (χ1n) is 6.32. The van der Waals surface area contributed by atoms with Crippen LogP contribution in [-0.2, 0) is 10.2 Å². The van der Waals surface area contributed by atoms with Gasteiger partial charge in [-0.05, 0) is 24.6 Å². The number of rotatable bonds is 6. The summed E-state index contributed by atoms with van der Waals surface area (Å²) in [6, 6.07) is 5.30. The van der Waals surface area contributed by atoms with Crippen molar-refractivity contribution in [3.63, 3.8) is 0 Å². The largest absolute Gasteiger partial charge is 0.399 e. The molecule has 2 rings (SSSR count). The number of anilines is 2. The van der Waals surface area contributed by atoms with Gasteiger partial charge < -0.3 is 5.73 Å². The lowest BCUT2D eigenvalue weighted by Crippen LogP contribution is -2.33. The number of aromatic nitrogens is 1. The lowest BCUT2D eigenvalue weighted by atomic mass is 10.3. The third kappa shape index (κ3) is 3.38. The average Bonchev–Trinajstić information content (AvgIpc) is 2.76. The second kappa shape index (κ2) is 5.94. The molecular formula is C12H18N4O2S2. The van der Waals surface area contributed by atoms with E-state index in [4.69, 9.17) is 5.73 Å². The van der Waals surface area contributed by atoms with Gasteiger partial charge in [-0.3, -0.25) is 0 Å². The van der Waals surface area contributed by atoms with Gasteiger partial charge >= 0.3 is 10.2 Å². The quantitative estimate of drug-likeness (QED) is 0.801. The van der Waals surface area contributed by atoms with Crippen LogP contribution in [-0.4, -0.2) is 31.3 Å². The molecule has 0 saturated carbocycles. The van der Waals surface area contributed by atoms with Crippen LogP contribution in [0.25, 0.3) is 10.2 Å². The van der Waals surface area contributed by atoms with Crippen molar-refractivity contribution in [2.75, 3.05) is 24.0 Å². The number of hydrogen-bond donors (Lipinski definition) is 2. The van der Waals surface area contributed by atoms with Crippen LogP contribution in [0.5, 0.6) is 0 Å². The Labute approximate surface area is 122 Å².